The topological polar surface area (TPSA) is 147 Å². The number of aliphatic hydroxyl groups is 2. The van der Waals surface area contributed by atoms with Crippen LogP contribution >= 0.6 is 0 Å². The molecule has 6 N–H and O–H groups in total. The molecule has 0 amide bonds. The fourth-order valence-electron chi connectivity index (χ4n) is 3.70. The second-order valence-electron chi connectivity index (χ2n) is 7.50. The molecule has 29 heavy (non-hydrogen) atoms. The summed E-state index contributed by atoms with van der Waals surface area (Å²) >= 11 is 0. The molecular formula is C18H28N8O3. The molecule has 0 aromatic carbocycles. The summed E-state index contributed by atoms with van der Waals surface area (Å²) in [4.78, 5) is 12.4. The maximum atomic E-state index is 10.5. The van der Waals surface area contributed by atoms with Crippen molar-refractivity contribution >= 4 is 17.0 Å². The van der Waals surface area contributed by atoms with Gasteiger partial charge in [-0.15, -0.1) is 5.53 Å². The average molecular weight is 404 g/mol. The third-order valence-corrected chi connectivity index (χ3v) is 5.36. The van der Waals surface area contributed by atoms with Crippen molar-refractivity contribution in [3.05, 3.63) is 24.6 Å². The molecule has 0 spiro atoms. The van der Waals surface area contributed by atoms with Gasteiger partial charge in [0.15, 0.2) is 11.5 Å². The Morgan fingerprint density at radius 1 is 1.34 bits per heavy atom. The average Bonchev–Trinajstić information content (AvgIpc) is 3.42. The first-order chi connectivity index (χ1) is 14.1. The molecule has 2 aliphatic heterocycles. The highest BCUT2D eigenvalue weighted by Gasteiger charge is 2.37. The van der Waals surface area contributed by atoms with Crippen LogP contribution in [0.5, 0.6) is 0 Å². The van der Waals surface area contributed by atoms with Crippen LogP contribution in [0.3, 0.4) is 0 Å². The van der Waals surface area contributed by atoms with Gasteiger partial charge in [0.1, 0.15) is 24.2 Å². The molecule has 1 saturated heterocycles. The zero-order valence-electron chi connectivity index (χ0n) is 16.4. The smallest absolute Gasteiger partial charge is 0.167 e. The summed E-state index contributed by atoms with van der Waals surface area (Å²) in [5.41, 5.74) is 13.6. The van der Waals surface area contributed by atoms with Crippen molar-refractivity contribution in [2.75, 3.05) is 12.3 Å². The minimum atomic E-state index is -0.648. The minimum absolute atomic E-state index is 0.311. The first-order valence-electron chi connectivity index (χ1n) is 10.0. The van der Waals surface area contributed by atoms with E-state index in [0.717, 1.165) is 25.0 Å². The van der Waals surface area contributed by atoms with E-state index in [9.17, 15) is 10.2 Å². The van der Waals surface area contributed by atoms with E-state index in [1.54, 1.807) is 15.9 Å². The van der Waals surface area contributed by atoms with Crippen LogP contribution in [0.1, 0.15) is 45.3 Å². The largest absolute Gasteiger partial charge is 0.390 e. The van der Waals surface area contributed by atoms with Crippen molar-refractivity contribution in [2.45, 2.75) is 63.6 Å². The number of hydrogen-bond donors (Lipinski definition) is 5. The number of ether oxygens (including phenoxy) is 1. The molecule has 4 heterocycles. The van der Waals surface area contributed by atoms with Crippen molar-refractivity contribution in [3.63, 3.8) is 0 Å². The quantitative estimate of drug-likeness (QED) is 0.386. The van der Waals surface area contributed by atoms with Gasteiger partial charge in [0.25, 0.3) is 0 Å². The van der Waals surface area contributed by atoms with E-state index >= 15 is 0 Å². The highest BCUT2D eigenvalue weighted by atomic mass is 16.5. The molecule has 11 nitrogen and oxygen atoms in total. The Labute approximate surface area is 168 Å². The number of anilines is 1. The van der Waals surface area contributed by atoms with E-state index in [-0.39, 0.29) is 0 Å². The molecule has 2 aromatic rings. The number of nitrogens with zero attached hydrogens (tertiary/aromatic N) is 5. The number of aromatic nitrogens is 4. The second kappa shape index (κ2) is 8.49. The molecule has 0 bridgehead atoms. The standard InChI is InChI=1S/C18H28N8O3/c1-2-3-4-5-12(27)11-7-25(24-23-11)8-14-13(28)6-15(29-14)26-10-22-16-17(19)20-9-21-18(16)26/h7,9-10,12-15,23-24,27-28H,2-6,8H2,1H3,(H2,19,20,21)/t12?,13?,14-,15-/m1/s1. The molecule has 0 aliphatic carbocycles. The second-order valence-corrected chi connectivity index (χ2v) is 7.50. The molecular weight excluding hydrogens is 376 g/mol. The highest BCUT2D eigenvalue weighted by molar-refractivity contribution is 5.81. The summed E-state index contributed by atoms with van der Waals surface area (Å²) in [7, 11) is 0. The first kappa shape index (κ1) is 19.8. The summed E-state index contributed by atoms with van der Waals surface area (Å²) < 4.78 is 7.84. The molecule has 0 saturated carbocycles. The molecule has 158 valence electrons. The molecule has 4 rings (SSSR count). The zero-order valence-corrected chi connectivity index (χ0v) is 16.4. The molecule has 2 aliphatic rings. The van der Waals surface area contributed by atoms with E-state index in [1.807, 2.05) is 6.20 Å². The van der Waals surface area contributed by atoms with E-state index in [0.29, 0.717) is 36.4 Å². The number of hydrazine groups is 2. The molecule has 1 fully saturated rings. The van der Waals surface area contributed by atoms with Crippen LogP contribution in [0.25, 0.3) is 11.2 Å². The van der Waals surface area contributed by atoms with Crippen molar-refractivity contribution in [3.8, 4) is 0 Å². The lowest BCUT2D eigenvalue weighted by Gasteiger charge is -2.22. The van der Waals surface area contributed by atoms with Gasteiger partial charge in [0.2, 0.25) is 0 Å². The summed E-state index contributed by atoms with van der Waals surface area (Å²) in [5, 5.41) is 22.6. The summed E-state index contributed by atoms with van der Waals surface area (Å²) in [6, 6.07) is 0. The number of fused-ring (bicyclic) bond motifs is 1. The molecule has 4 atom stereocenters. The third-order valence-electron chi connectivity index (χ3n) is 5.36. The van der Waals surface area contributed by atoms with Crippen LogP contribution in [0.2, 0.25) is 0 Å². The van der Waals surface area contributed by atoms with Crippen LogP contribution in [0.4, 0.5) is 5.82 Å². The van der Waals surface area contributed by atoms with Gasteiger partial charge in [-0.05, 0) is 6.42 Å². The Morgan fingerprint density at radius 2 is 2.21 bits per heavy atom. The summed E-state index contributed by atoms with van der Waals surface area (Å²) in [6.45, 7) is 2.55. The van der Waals surface area contributed by atoms with Gasteiger partial charge in [0, 0.05) is 12.6 Å². The fraction of sp³-hybridized carbons (Fsp3) is 0.611. The van der Waals surface area contributed by atoms with Crippen LogP contribution < -0.4 is 16.7 Å². The van der Waals surface area contributed by atoms with Crippen LogP contribution in [0.15, 0.2) is 24.6 Å². The summed E-state index contributed by atoms with van der Waals surface area (Å²) in [5.74, 6) is 0.311. The van der Waals surface area contributed by atoms with Crippen molar-refractivity contribution < 1.29 is 14.9 Å². The number of nitrogens with two attached hydrogens (primary N) is 1. The zero-order chi connectivity index (χ0) is 20.4. The Hall–Kier alpha value is -2.47. The highest BCUT2D eigenvalue weighted by Crippen LogP contribution is 2.32. The van der Waals surface area contributed by atoms with Gasteiger partial charge < -0.3 is 26.1 Å². The molecule has 2 unspecified atom stereocenters. The van der Waals surface area contributed by atoms with Gasteiger partial charge >= 0.3 is 0 Å². The Kier molecular flexibility index (Phi) is 5.81. The van der Waals surface area contributed by atoms with Gasteiger partial charge in [0.05, 0.1) is 30.8 Å². The Morgan fingerprint density at radius 3 is 3.03 bits per heavy atom. The van der Waals surface area contributed by atoms with E-state index in [2.05, 4.69) is 32.8 Å². The lowest BCUT2D eigenvalue weighted by atomic mass is 10.1. The summed E-state index contributed by atoms with van der Waals surface area (Å²) in [6.07, 6.45) is 7.14. The number of unbranched alkanes of at least 4 members (excludes halogenated alkanes) is 2. The molecule has 0 radical (unpaired) electrons. The van der Waals surface area contributed by atoms with Crippen molar-refractivity contribution in [2.24, 2.45) is 0 Å². The Balaban J connectivity index is 1.37. The van der Waals surface area contributed by atoms with Crippen LogP contribution in [-0.2, 0) is 4.74 Å². The lowest BCUT2D eigenvalue weighted by Crippen LogP contribution is -2.43. The van der Waals surface area contributed by atoms with Crippen molar-refractivity contribution in [1.82, 2.24) is 35.5 Å². The van der Waals surface area contributed by atoms with E-state index < -0.39 is 24.5 Å². The maximum Gasteiger partial charge on any atom is 0.167 e. The number of aliphatic hydroxyl groups excluding tert-OH is 2. The van der Waals surface area contributed by atoms with Gasteiger partial charge in [-0.3, -0.25) is 9.58 Å². The first-order valence-corrected chi connectivity index (χ1v) is 10.0. The Bertz CT molecular complexity index is 872. The van der Waals surface area contributed by atoms with Crippen LogP contribution in [-0.4, -0.2) is 59.6 Å². The number of hydrogen-bond acceptors (Lipinski definition) is 10. The third kappa shape index (κ3) is 4.13. The normalized spacial score (nSPS) is 25.4. The predicted octanol–water partition coefficient (Wildman–Crippen LogP) is 0.164. The monoisotopic (exact) mass is 404 g/mol. The maximum absolute atomic E-state index is 10.5. The number of rotatable bonds is 8. The van der Waals surface area contributed by atoms with Crippen molar-refractivity contribution in [1.29, 1.82) is 0 Å². The minimum Gasteiger partial charge on any atom is -0.390 e. The number of nitrogens with one attached hydrogen (secondary N) is 2. The van der Waals surface area contributed by atoms with E-state index in [1.165, 1.54) is 6.33 Å². The SMILES string of the molecule is CCCCCC(O)C1=CN(C[C@H]2O[C@@H](n3cnc4c(N)ncnc43)CC2O)NN1. The van der Waals surface area contributed by atoms with Gasteiger partial charge in [-0.2, -0.15) is 0 Å². The lowest BCUT2D eigenvalue weighted by molar-refractivity contribution is -0.0329. The fourth-order valence-corrected chi connectivity index (χ4v) is 3.70. The molecule has 2 aromatic heterocycles. The number of nitrogen functional groups attached to an aromatic ring is 1. The van der Waals surface area contributed by atoms with Crippen LogP contribution in [0, 0.1) is 0 Å². The van der Waals surface area contributed by atoms with Gasteiger partial charge in [-0.25, -0.2) is 15.0 Å². The molecule has 11 heteroatoms. The van der Waals surface area contributed by atoms with E-state index in [4.69, 9.17) is 10.5 Å². The number of imidazole rings is 1. The predicted molar refractivity (Wildman–Crippen MR) is 105 cm³/mol. The van der Waals surface area contributed by atoms with Gasteiger partial charge in [-0.1, -0.05) is 26.2 Å².